The second kappa shape index (κ2) is 10.8. The summed E-state index contributed by atoms with van der Waals surface area (Å²) in [6.45, 7) is 7.35. The van der Waals surface area contributed by atoms with Crippen LogP contribution in [0.2, 0.25) is 0 Å². The lowest BCUT2D eigenvalue weighted by Crippen LogP contribution is -2.39. The molecule has 1 fully saturated rings. The molecule has 10 nitrogen and oxygen atoms in total. The van der Waals surface area contributed by atoms with Crippen LogP contribution in [0.25, 0.3) is 11.4 Å². The Morgan fingerprint density at radius 1 is 1.22 bits per heavy atom. The van der Waals surface area contributed by atoms with Gasteiger partial charge in [0.2, 0.25) is 5.88 Å². The first-order valence-electron chi connectivity index (χ1n) is 12.8. The molecule has 3 heterocycles. The molecule has 41 heavy (non-hydrogen) atoms. The fourth-order valence-corrected chi connectivity index (χ4v) is 4.57. The predicted molar refractivity (Wildman–Crippen MR) is 144 cm³/mol. The molecule has 1 aromatic carbocycles. The Labute approximate surface area is 234 Å². The number of nitrogens with zero attached hydrogens (tertiary/aromatic N) is 7. The minimum atomic E-state index is -4.54. The zero-order chi connectivity index (χ0) is 29.5. The summed E-state index contributed by atoms with van der Waals surface area (Å²) in [4.78, 5) is 35.8. The van der Waals surface area contributed by atoms with Crippen LogP contribution in [-0.2, 0) is 24.5 Å². The van der Waals surface area contributed by atoms with Crippen LogP contribution >= 0.6 is 0 Å². The van der Waals surface area contributed by atoms with E-state index < -0.39 is 24.1 Å². The number of amides is 1. The van der Waals surface area contributed by atoms with Gasteiger partial charge < -0.3 is 14.0 Å². The normalized spacial score (nSPS) is 18.0. The second-order valence-corrected chi connectivity index (χ2v) is 9.89. The summed E-state index contributed by atoms with van der Waals surface area (Å²) in [5, 5.41) is 0. The van der Waals surface area contributed by atoms with Crippen LogP contribution in [0.4, 0.5) is 18.0 Å². The predicted octanol–water partition coefficient (Wildman–Crippen LogP) is 5.50. The highest BCUT2D eigenvalue weighted by Gasteiger charge is 2.36. The molecule has 5 rings (SSSR count). The highest BCUT2D eigenvalue weighted by molar-refractivity contribution is 6.05. The number of methoxy groups -OCH3 is 1. The summed E-state index contributed by atoms with van der Waals surface area (Å²) in [7, 11) is 3.00. The van der Waals surface area contributed by atoms with Crippen molar-refractivity contribution in [3.8, 4) is 17.3 Å². The molecular formula is C28H28F3N7O3. The van der Waals surface area contributed by atoms with Gasteiger partial charge in [0.25, 0.3) is 0 Å². The van der Waals surface area contributed by atoms with Crippen LogP contribution in [0.3, 0.4) is 0 Å². The molecule has 0 bridgehead atoms. The Bertz CT molecular complexity index is 1560. The first-order valence-corrected chi connectivity index (χ1v) is 12.8. The van der Waals surface area contributed by atoms with E-state index in [1.54, 1.807) is 31.2 Å². The van der Waals surface area contributed by atoms with E-state index in [0.29, 0.717) is 34.0 Å². The van der Waals surface area contributed by atoms with Crippen LogP contribution in [0.15, 0.2) is 58.2 Å². The molecule has 13 heteroatoms. The summed E-state index contributed by atoms with van der Waals surface area (Å²) in [5.41, 5.74) is 2.20. The summed E-state index contributed by atoms with van der Waals surface area (Å²) < 4.78 is 51.7. The first-order chi connectivity index (χ1) is 19.5. The lowest BCUT2D eigenvalue weighted by molar-refractivity contribution is -0.140. The van der Waals surface area contributed by atoms with Gasteiger partial charge in [-0.15, -0.1) is 0 Å². The average molecular weight is 568 g/mol. The van der Waals surface area contributed by atoms with Crippen molar-refractivity contribution < 1.29 is 27.4 Å². The topological polar surface area (TPSA) is 107 Å². The molecule has 0 radical (unpaired) electrons. The maximum Gasteiger partial charge on any atom is 0.434 e. The quantitative estimate of drug-likeness (QED) is 0.276. The lowest BCUT2D eigenvalue weighted by Gasteiger charge is -2.32. The van der Waals surface area contributed by atoms with Gasteiger partial charge in [0.05, 0.1) is 19.3 Å². The molecule has 1 unspecified atom stereocenters. The van der Waals surface area contributed by atoms with E-state index in [1.165, 1.54) is 30.0 Å². The number of amidine groups is 1. The highest BCUT2D eigenvalue weighted by Crippen LogP contribution is 2.42. The third-order valence-electron chi connectivity index (χ3n) is 7.02. The van der Waals surface area contributed by atoms with E-state index in [-0.39, 0.29) is 24.1 Å². The third kappa shape index (κ3) is 5.56. The highest BCUT2D eigenvalue weighted by atomic mass is 19.4. The number of carbonyl (C=O) groups excluding carboxylic acids is 1. The first kappa shape index (κ1) is 28.0. The minimum Gasteiger partial charge on any atom is -0.480 e. The summed E-state index contributed by atoms with van der Waals surface area (Å²) in [6, 6.07) is 6.73. The van der Waals surface area contributed by atoms with Gasteiger partial charge in [-0.3, -0.25) is 4.90 Å². The van der Waals surface area contributed by atoms with E-state index >= 15 is 0 Å². The van der Waals surface area contributed by atoms with Gasteiger partial charge in [-0.1, -0.05) is 24.3 Å². The molecule has 1 amide bonds. The fraction of sp³-hybridized carbons (Fsp3) is 0.357. The molecule has 214 valence electrons. The van der Waals surface area contributed by atoms with Gasteiger partial charge >= 0.3 is 12.3 Å². The number of ether oxygens (including phenoxy) is 2. The number of hydrogen-bond acceptors (Lipinski definition) is 7. The van der Waals surface area contributed by atoms with Crippen molar-refractivity contribution in [2.45, 2.75) is 51.4 Å². The van der Waals surface area contributed by atoms with Gasteiger partial charge in [-0.25, -0.2) is 29.7 Å². The second-order valence-electron chi connectivity index (χ2n) is 9.89. The number of alkyl halides is 3. The molecule has 1 aliphatic carbocycles. The van der Waals surface area contributed by atoms with Gasteiger partial charge in [0, 0.05) is 30.3 Å². The number of cyclic esters (lactones) is 1. The zero-order valence-electron chi connectivity index (χ0n) is 22.9. The molecule has 0 spiro atoms. The van der Waals surface area contributed by atoms with Gasteiger partial charge in [-0.2, -0.15) is 13.2 Å². The van der Waals surface area contributed by atoms with Crippen molar-refractivity contribution in [2.24, 2.45) is 17.0 Å². The van der Waals surface area contributed by atoms with Crippen LogP contribution in [0.1, 0.15) is 55.1 Å². The molecule has 0 saturated heterocycles. The van der Waals surface area contributed by atoms with Crippen molar-refractivity contribution in [1.82, 2.24) is 24.4 Å². The molecule has 1 saturated carbocycles. The molecule has 0 N–H and O–H groups in total. The number of aliphatic imine (C=N–C) groups is 2. The standard InChI is InChI=1S/C28H28F3N7O3/c1-15-16(2)41-27(39)38(12-17-6-8-19(9-7-17)25-35-20(13-37(25)4)28(29,30)31)24(15)36-23(32-3)21-22(18-10-11-18)33-14-34-26(21)40-5/h6-9,13-14,16,18H,3,10-12H2,1-2,4-5H3. The Morgan fingerprint density at radius 3 is 2.51 bits per heavy atom. The number of rotatable bonds is 7. The van der Waals surface area contributed by atoms with Crippen molar-refractivity contribution in [3.63, 3.8) is 0 Å². The molecule has 2 aromatic heterocycles. The Morgan fingerprint density at radius 2 is 1.93 bits per heavy atom. The fourth-order valence-electron chi connectivity index (χ4n) is 4.57. The van der Waals surface area contributed by atoms with Crippen LogP contribution in [-0.4, -0.2) is 56.3 Å². The molecule has 2 aliphatic rings. The Balaban J connectivity index is 1.49. The number of hydrogen-bond donors (Lipinski definition) is 0. The summed E-state index contributed by atoms with van der Waals surface area (Å²) in [6.07, 6.45) is -1.36. The number of halogens is 3. The number of carbonyl (C=O) groups is 1. The summed E-state index contributed by atoms with van der Waals surface area (Å²) >= 11 is 0. The van der Waals surface area contributed by atoms with E-state index in [9.17, 15) is 18.0 Å². The van der Waals surface area contributed by atoms with E-state index in [0.717, 1.165) is 24.7 Å². The van der Waals surface area contributed by atoms with E-state index in [1.807, 2.05) is 6.92 Å². The van der Waals surface area contributed by atoms with Gasteiger partial charge in [-0.05, 0) is 39.0 Å². The van der Waals surface area contributed by atoms with Crippen LogP contribution < -0.4 is 4.74 Å². The van der Waals surface area contributed by atoms with E-state index in [4.69, 9.17) is 14.5 Å². The Kier molecular flexibility index (Phi) is 7.37. The molecule has 1 atom stereocenters. The maximum absolute atomic E-state index is 13.1. The van der Waals surface area contributed by atoms with Crippen molar-refractivity contribution in [2.75, 3.05) is 7.11 Å². The molecule has 3 aromatic rings. The number of imidazole rings is 1. The van der Waals surface area contributed by atoms with Crippen molar-refractivity contribution in [3.05, 3.63) is 70.7 Å². The van der Waals surface area contributed by atoms with Crippen molar-refractivity contribution >= 4 is 18.6 Å². The van der Waals surface area contributed by atoms with Gasteiger partial charge in [0.1, 0.15) is 29.6 Å². The SMILES string of the molecule is C=NC(=NC1=C(C)C(C)OC(=O)N1Cc1ccc(-c2nc(C(F)(F)F)cn2C)cc1)c1c(OC)ncnc1C1CC1. The van der Waals surface area contributed by atoms with E-state index in [2.05, 4.69) is 26.7 Å². The zero-order valence-corrected chi connectivity index (χ0v) is 22.9. The number of aryl methyl sites for hydroxylation is 1. The lowest BCUT2D eigenvalue weighted by atomic mass is 10.1. The van der Waals surface area contributed by atoms with Gasteiger partial charge in [0.15, 0.2) is 11.5 Å². The average Bonchev–Trinajstić information content (AvgIpc) is 3.71. The largest absolute Gasteiger partial charge is 0.480 e. The van der Waals surface area contributed by atoms with Crippen LogP contribution in [0, 0.1) is 0 Å². The van der Waals surface area contributed by atoms with Crippen molar-refractivity contribution in [1.29, 1.82) is 0 Å². The smallest absolute Gasteiger partial charge is 0.434 e. The monoisotopic (exact) mass is 567 g/mol. The molecule has 1 aliphatic heterocycles. The van der Waals surface area contributed by atoms with Crippen LogP contribution in [0.5, 0.6) is 5.88 Å². The minimum absolute atomic E-state index is 0.0820. The molecular weight excluding hydrogens is 539 g/mol. The number of benzene rings is 1. The summed E-state index contributed by atoms with van der Waals surface area (Å²) in [5.74, 6) is 1.27. The Hall–Kier alpha value is -4.55. The third-order valence-corrected chi connectivity index (χ3v) is 7.02. The maximum atomic E-state index is 13.1. The number of aromatic nitrogens is 4.